The van der Waals surface area contributed by atoms with Crippen molar-refractivity contribution in [3.05, 3.63) is 60.2 Å². The van der Waals surface area contributed by atoms with Crippen LogP contribution in [0.25, 0.3) is 0 Å². The molecule has 7 heteroatoms. The van der Waals surface area contributed by atoms with Gasteiger partial charge in [0.2, 0.25) is 5.91 Å². The minimum Gasteiger partial charge on any atom is -0.494 e. The van der Waals surface area contributed by atoms with Crippen LogP contribution in [0.4, 0.5) is 10.5 Å². The number of anilines is 1. The molecule has 2 fully saturated rings. The maximum absolute atomic E-state index is 12.9. The molecule has 6 nitrogen and oxygen atoms in total. The molecule has 4 rings (SSSR count). The molecule has 3 amide bonds. The third kappa shape index (κ3) is 5.15. The summed E-state index contributed by atoms with van der Waals surface area (Å²) in [6, 6.07) is 17.9. The van der Waals surface area contributed by atoms with Crippen LogP contribution in [-0.2, 0) is 4.79 Å². The highest BCUT2D eigenvalue weighted by atomic mass is 32.2. The van der Waals surface area contributed by atoms with E-state index in [-0.39, 0.29) is 18.5 Å². The molecule has 2 aromatic rings. The predicted molar refractivity (Wildman–Crippen MR) is 125 cm³/mol. The number of urea groups is 1. The minimum absolute atomic E-state index is 0.0382. The molecular weight excluding hydrogens is 410 g/mol. The van der Waals surface area contributed by atoms with Gasteiger partial charge in [0, 0.05) is 42.9 Å². The Hall–Kier alpha value is -2.67. The zero-order valence-corrected chi connectivity index (χ0v) is 18.7. The Kier molecular flexibility index (Phi) is 7.02. The van der Waals surface area contributed by atoms with Crippen molar-refractivity contribution in [2.45, 2.75) is 18.6 Å². The Balaban J connectivity index is 1.32. The first-order chi connectivity index (χ1) is 15.2. The molecule has 0 aliphatic carbocycles. The topological polar surface area (TPSA) is 53.1 Å². The first-order valence-corrected chi connectivity index (χ1v) is 11.9. The first kappa shape index (κ1) is 21.6. The molecule has 0 spiro atoms. The lowest BCUT2D eigenvalue weighted by Crippen LogP contribution is -2.43. The molecule has 2 aliphatic heterocycles. The van der Waals surface area contributed by atoms with Crippen molar-refractivity contribution >= 4 is 29.4 Å². The largest absolute Gasteiger partial charge is 0.494 e. The van der Waals surface area contributed by atoms with Gasteiger partial charge in [0.05, 0.1) is 6.61 Å². The highest BCUT2D eigenvalue weighted by Gasteiger charge is 2.32. The van der Waals surface area contributed by atoms with Gasteiger partial charge in [0.1, 0.15) is 12.3 Å². The lowest BCUT2D eigenvalue weighted by Gasteiger charge is -2.24. The number of carbonyl (C=O) groups excluding carboxylic acids is 2. The van der Waals surface area contributed by atoms with E-state index in [4.69, 9.17) is 4.74 Å². The Morgan fingerprint density at radius 2 is 1.81 bits per heavy atom. The Morgan fingerprint density at radius 3 is 2.55 bits per heavy atom. The van der Waals surface area contributed by atoms with Crippen LogP contribution in [0.15, 0.2) is 54.6 Å². The molecule has 0 saturated carbocycles. The van der Waals surface area contributed by atoms with Gasteiger partial charge in [-0.05, 0) is 43.2 Å². The summed E-state index contributed by atoms with van der Waals surface area (Å²) in [5, 5.41) is 0.419. The number of amides is 3. The van der Waals surface area contributed by atoms with Crippen LogP contribution in [0, 0.1) is 0 Å². The van der Waals surface area contributed by atoms with Gasteiger partial charge in [0.25, 0.3) is 0 Å². The lowest BCUT2D eigenvalue weighted by molar-refractivity contribution is -0.131. The maximum Gasteiger partial charge on any atom is 0.325 e. The summed E-state index contributed by atoms with van der Waals surface area (Å²) < 4.78 is 5.47. The van der Waals surface area contributed by atoms with E-state index >= 15 is 0 Å². The maximum atomic E-state index is 12.9. The fourth-order valence-electron chi connectivity index (χ4n) is 4.07. The summed E-state index contributed by atoms with van der Waals surface area (Å²) >= 11 is 1.91. The van der Waals surface area contributed by atoms with Crippen LogP contribution in [0.2, 0.25) is 0 Å². The second-order valence-electron chi connectivity index (χ2n) is 7.72. The van der Waals surface area contributed by atoms with Crippen LogP contribution in [-0.4, -0.2) is 66.8 Å². The summed E-state index contributed by atoms with van der Waals surface area (Å²) in [4.78, 5) is 31.1. The molecule has 2 aliphatic rings. The van der Waals surface area contributed by atoms with E-state index in [1.807, 2.05) is 53.9 Å². The van der Waals surface area contributed by atoms with Crippen LogP contribution >= 0.6 is 11.8 Å². The number of rotatable bonds is 6. The van der Waals surface area contributed by atoms with Crippen molar-refractivity contribution in [3.8, 4) is 5.75 Å². The first-order valence-electron chi connectivity index (χ1n) is 10.9. The van der Waals surface area contributed by atoms with Crippen LogP contribution in [0.3, 0.4) is 0 Å². The number of hydrogen-bond donors (Lipinski definition) is 0. The molecule has 164 valence electrons. The van der Waals surface area contributed by atoms with Crippen molar-refractivity contribution in [1.29, 1.82) is 0 Å². The highest BCUT2D eigenvalue weighted by molar-refractivity contribution is 7.99. The molecule has 31 heavy (non-hydrogen) atoms. The third-order valence-corrected chi connectivity index (χ3v) is 7.07. The van der Waals surface area contributed by atoms with E-state index in [1.165, 1.54) is 5.56 Å². The molecule has 0 aromatic heterocycles. The van der Waals surface area contributed by atoms with Gasteiger partial charge in [-0.15, -0.1) is 0 Å². The molecular formula is C24H29N3O3S. The molecule has 0 radical (unpaired) electrons. The van der Waals surface area contributed by atoms with E-state index in [9.17, 15) is 9.59 Å². The summed E-state index contributed by atoms with van der Waals surface area (Å²) in [6.07, 6.45) is 0.937. The van der Waals surface area contributed by atoms with E-state index in [0.29, 0.717) is 24.9 Å². The van der Waals surface area contributed by atoms with Gasteiger partial charge in [-0.2, -0.15) is 11.8 Å². The standard InChI is InChI=1S/C24H29N3O3S/c1-2-30-21-10-8-20(9-11-21)27-15-14-26(24(27)29)18-23(28)25-13-12-22(31-17-16-25)19-6-4-3-5-7-19/h3-11,22H,2,12-18H2,1H3. The molecule has 2 aromatic carbocycles. The Morgan fingerprint density at radius 1 is 1.03 bits per heavy atom. The Labute approximate surface area is 188 Å². The quantitative estimate of drug-likeness (QED) is 0.682. The lowest BCUT2D eigenvalue weighted by atomic mass is 10.1. The zero-order valence-electron chi connectivity index (χ0n) is 17.9. The van der Waals surface area contributed by atoms with Crippen LogP contribution < -0.4 is 9.64 Å². The smallest absolute Gasteiger partial charge is 0.325 e. The molecule has 0 N–H and O–H groups in total. The zero-order chi connectivity index (χ0) is 21.6. The highest BCUT2D eigenvalue weighted by Crippen LogP contribution is 2.34. The number of carbonyl (C=O) groups is 2. The SMILES string of the molecule is CCOc1ccc(N2CCN(CC(=O)N3CCSC(c4ccccc4)CC3)C2=O)cc1. The summed E-state index contributed by atoms with van der Waals surface area (Å²) in [7, 11) is 0. The van der Waals surface area contributed by atoms with Gasteiger partial charge >= 0.3 is 6.03 Å². The van der Waals surface area contributed by atoms with Crippen LogP contribution in [0.1, 0.15) is 24.2 Å². The summed E-state index contributed by atoms with van der Waals surface area (Å²) in [5.74, 6) is 1.74. The molecule has 1 unspecified atom stereocenters. The van der Waals surface area contributed by atoms with Gasteiger partial charge in [-0.25, -0.2) is 4.79 Å². The van der Waals surface area contributed by atoms with Crippen molar-refractivity contribution in [2.24, 2.45) is 0 Å². The Bertz CT molecular complexity index is 891. The van der Waals surface area contributed by atoms with Gasteiger partial charge in [0.15, 0.2) is 0 Å². The third-order valence-electron chi connectivity index (χ3n) is 5.75. The van der Waals surface area contributed by atoms with E-state index in [0.717, 1.165) is 36.7 Å². The van der Waals surface area contributed by atoms with Crippen molar-refractivity contribution in [1.82, 2.24) is 9.80 Å². The van der Waals surface area contributed by atoms with Crippen LogP contribution in [0.5, 0.6) is 5.75 Å². The summed E-state index contributed by atoms with van der Waals surface area (Å²) in [6.45, 7) is 5.32. The number of ether oxygens (including phenoxy) is 1. The number of hydrogen-bond acceptors (Lipinski definition) is 4. The van der Waals surface area contributed by atoms with E-state index < -0.39 is 0 Å². The number of nitrogens with zero attached hydrogens (tertiary/aromatic N) is 3. The molecule has 2 heterocycles. The second kappa shape index (κ2) is 10.1. The normalized spacial score (nSPS) is 19.5. The average Bonchev–Trinajstić information content (AvgIpc) is 3.00. The van der Waals surface area contributed by atoms with E-state index in [2.05, 4.69) is 24.3 Å². The van der Waals surface area contributed by atoms with Gasteiger partial charge < -0.3 is 14.5 Å². The average molecular weight is 440 g/mol. The number of benzene rings is 2. The van der Waals surface area contributed by atoms with Crippen molar-refractivity contribution in [2.75, 3.05) is 50.0 Å². The molecule has 1 atom stereocenters. The van der Waals surface area contributed by atoms with E-state index in [1.54, 1.807) is 9.80 Å². The van der Waals surface area contributed by atoms with Crippen molar-refractivity contribution in [3.63, 3.8) is 0 Å². The number of thioether (sulfide) groups is 1. The fraction of sp³-hybridized carbons (Fsp3) is 0.417. The summed E-state index contributed by atoms with van der Waals surface area (Å²) in [5.41, 5.74) is 2.16. The molecule has 2 saturated heterocycles. The monoisotopic (exact) mass is 439 g/mol. The molecule has 0 bridgehead atoms. The van der Waals surface area contributed by atoms with Crippen molar-refractivity contribution < 1.29 is 14.3 Å². The minimum atomic E-state index is -0.108. The van der Waals surface area contributed by atoms with Gasteiger partial charge in [-0.1, -0.05) is 30.3 Å². The fourth-order valence-corrected chi connectivity index (χ4v) is 5.31. The predicted octanol–water partition coefficient (Wildman–Crippen LogP) is 4.03. The van der Waals surface area contributed by atoms with Gasteiger partial charge in [-0.3, -0.25) is 9.69 Å². The second-order valence-corrected chi connectivity index (χ2v) is 9.03.